The van der Waals surface area contributed by atoms with E-state index in [1.165, 1.54) is 0 Å². The van der Waals surface area contributed by atoms with Gasteiger partial charge in [0.25, 0.3) is 0 Å². The van der Waals surface area contributed by atoms with E-state index in [1.807, 2.05) is 31.2 Å². The van der Waals surface area contributed by atoms with Gasteiger partial charge in [-0.05, 0) is 25.1 Å². The molecule has 22 heavy (non-hydrogen) atoms. The fraction of sp³-hybridized carbons (Fsp3) is 0.118. The van der Waals surface area contributed by atoms with Crippen LogP contribution in [-0.2, 0) is 6.61 Å². The molecule has 1 N–H and O–H groups in total. The number of halogens is 2. The molecule has 0 aliphatic carbocycles. The number of aliphatic hydroxyl groups is 1. The lowest BCUT2D eigenvalue weighted by molar-refractivity contribution is 0.281. The van der Waals surface area contributed by atoms with Crippen LogP contribution < -0.4 is 0 Å². The van der Waals surface area contributed by atoms with Crippen molar-refractivity contribution in [3.05, 3.63) is 65.2 Å². The Bertz CT molecular complexity index is 810. The van der Waals surface area contributed by atoms with E-state index in [4.69, 9.17) is 4.52 Å². The fourth-order valence-corrected chi connectivity index (χ4v) is 2.28. The predicted molar refractivity (Wildman–Crippen MR) is 78.0 cm³/mol. The Morgan fingerprint density at radius 1 is 1.09 bits per heavy atom. The highest BCUT2D eigenvalue weighted by molar-refractivity contribution is 5.72. The Kier molecular flexibility index (Phi) is 3.73. The van der Waals surface area contributed by atoms with Gasteiger partial charge in [-0.3, -0.25) is 0 Å². The van der Waals surface area contributed by atoms with Crippen molar-refractivity contribution in [2.24, 2.45) is 0 Å². The summed E-state index contributed by atoms with van der Waals surface area (Å²) in [6.45, 7) is 1.56. The van der Waals surface area contributed by atoms with Crippen LogP contribution in [-0.4, -0.2) is 10.3 Å². The van der Waals surface area contributed by atoms with Gasteiger partial charge >= 0.3 is 0 Å². The normalized spacial score (nSPS) is 10.9. The minimum atomic E-state index is -0.625. The lowest BCUT2D eigenvalue weighted by Gasteiger charge is -2.03. The van der Waals surface area contributed by atoms with Crippen molar-refractivity contribution in [3.8, 4) is 22.6 Å². The van der Waals surface area contributed by atoms with E-state index in [1.54, 1.807) is 0 Å². The van der Waals surface area contributed by atoms with Crippen LogP contribution in [0.15, 0.2) is 47.0 Å². The molecule has 0 aliphatic heterocycles. The quantitative estimate of drug-likeness (QED) is 0.792. The van der Waals surface area contributed by atoms with Crippen LogP contribution >= 0.6 is 0 Å². The molecule has 0 aliphatic rings. The first-order valence-electron chi connectivity index (χ1n) is 6.72. The van der Waals surface area contributed by atoms with Gasteiger partial charge in [-0.1, -0.05) is 35.0 Å². The van der Waals surface area contributed by atoms with E-state index in [2.05, 4.69) is 5.16 Å². The molecule has 0 saturated heterocycles. The van der Waals surface area contributed by atoms with Gasteiger partial charge in [-0.2, -0.15) is 0 Å². The second-order valence-electron chi connectivity index (χ2n) is 4.99. The molecule has 3 aromatic rings. The summed E-state index contributed by atoms with van der Waals surface area (Å²) in [5, 5.41) is 13.4. The van der Waals surface area contributed by atoms with Gasteiger partial charge in [-0.25, -0.2) is 8.78 Å². The molecule has 0 saturated carbocycles. The zero-order valence-electron chi connectivity index (χ0n) is 11.8. The largest absolute Gasteiger partial charge is 0.391 e. The number of aromatic nitrogens is 1. The van der Waals surface area contributed by atoms with Crippen molar-refractivity contribution in [1.29, 1.82) is 0 Å². The Morgan fingerprint density at radius 2 is 1.82 bits per heavy atom. The van der Waals surface area contributed by atoms with Crippen molar-refractivity contribution in [1.82, 2.24) is 5.16 Å². The third-order valence-corrected chi connectivity index (χ3v) is 3.44. The second-order valence-corrected chi connectivity index (χ2v) is 4.99. The van der Waals surface area contributed by atoms with E-state index < -0.39 is 18.2 Å². The maximum Gasteiger partial charge on any atom is 0.173 e. The molecule has 3 rings (SSSR count). The highest BCUT2D eigenvalue weighted by Crippen LogP contribution is 2.33. The van der Waals surface area contributed by atoms with Crippen LogP contribution in [0.3, 0.4) is 0 Å². The van der Waals surface area contributed by atoms with Gasteiger partial charge in [0.2, 0.25) is 0 Å². The van der Waals surface area contributed by atoms with E-state index in [0.717, 1.165) is 23.8 Å². The van der Waals surface area contributed by atoms with Crippen molar-refractivity contribution in [3.63, 3.8) is 0 Å². The molecule has 0 atom stereocenters. The molecule has 0 radical (unpaired) electrons. The summed E-state index contributed by atoms with van der Waals surface area (Å²) in [7, 11) is 0. The van der Waals surface area contributed by atoms with Crippen LogP contribution in [0.1, 0.15) is 11.1 Å². The van der Waals surface area contributed by atoms with E-state index >= 15 is 0 Å². The average molecular weight is 301 g/mol. The van der Waals surface area contributed by atoms with Crippen LogP contribution in [0.5, 0.6) is 0 Å². The molecular weight excluding hydrogens is 288 g/mol. The number of benzene rings is 2. The lowest BCUT2D eigenvalue weighted by Crippen LogP contribution is -1.92. The van der Waals surface area contributed by atoms with Gasteiger partial charge in [0.1, 0.15) is 17.3 Å². The highest BCUT2D eigenvalue weighted by Gasteiger charge is 2.21. The lowest BCUT2D eigenvalue weighted by atomic mass is 10.0. The summed E-state index contributed by atoms with van der Waals surface area (Å²) >= 11 is 0. The Morgan fingerprint density at radius 3 is 2.50 bits per heavy atom. The van der Waals surface area contributed by atoms with Crippen molar-refractivity contribution in [2.75, 3.05) is 0 Å². The van der Waals surface area contributed by atoms with Crippen molar-refractivity contribution >= 4 is 0 Å². The molecule has 0 unspecified atom stereocenters. The monoisotopic (exact) mass is 301 g/mol. The molecule has 0 fully saturated rings. The fourth-order valence-electron chi connectivity index (χ4n) is 2.28. The summed E-state index contributed by atoms with van der Waals surface area (Å²) in [5.41, 5.74) is 2.19. The number of hydrogen-bond acceptors (Lipinski definition) is 3. The summed E-state index contributed by atoms with van der Waals surface area (Å²) < 4.78 is 32.5. The zero-order valence-corrected chi connectivity index (χ0v) is 11.8. The third-order valence-electron chi connectivity index (χ3n) is 3.44. The van der Waals surface area contributed by atoms with Crippen LogP contribution in [0.25, 0.3) is 22.6 Å². The third kappa shape index (κ3) is 2.51. The SMILES string of the molecule is Cc1ccc(-c2onc(-c3cc(F)ccc3F)c2CO)cc1. The van der Waals surface area contributed by atoms with E-state index in [0.29, 0.717) is 16.9 Å². The van der Waals surface area contributed by atoms with Gasteiger partial charge in [-0.15, -0.1) is 0 Å². The first-order valence-corrected chi connectivity index (χ1v) is 6.72. The van der Waals surface area contributed by atoms with Crippen LogP contribution in [0, 0.1) is 18.6 Å². The molecule has 5 heteroatoms. The number of hydrogen-bond donors (Lipinski definition) is 1. The Hall–Kier alpha value is -2.53. The topological polar surface area (TPSA) is 46.3 Å². The van der Waals surface area contributed by atoms with Gasteiger partial charge in [0.05, 0.1) is 12.2 Å². The second kappa shape index (κ2) is 5.69. The van der Waals surface area contributed by atoms with Gasteiger partial charge in [0, 0.05) is 11.1 Å². The molecule has 3 nitrogen and oxygen atoms in total. The number of nitrogens with zero attached hydrogens (tertiary/aromatic N) is 1. The smallest absolute Gasteiger partial charge is 0.173 e. The average Bonchev–Trinajstić information content (AvgIpc) is 2.94. The number of aryl methyl sites for hydroxylation is 1. The van der Waals surface area contributed by atoms with Gasteiger partial charge in [0.15, 0.2) is 5.76 Å². The van der Waals surface area contributed by atoms with Gasteiger partial charge < -0.3 is 9.63 Å². The molecule has 0 amide bonds. The Balaban J connectivity index is 2.15. The standard InChI is InChI=1S/C17H13F2NO2/c1-10-2-4-11(5-3-10)17-14(9-21)16(20-22-17)13-8-12(18)6-7-15(13)19/h2-8,21H,9H2,1H3. The summed E-state index contributed by atoms with van der Waals surface area (Å²) in [4.78, 5) is 0. The molecule has 0 spiro atoms. The predicted octanol–water partition coefficient (Wildman–Crippen LogP) is 4.09. The first-order chi connectivity index (χ1) is 10.6. The highest BCUT2D eigenvalue weighted by atomic mass is 19.1. The van der Waals surface area contributed by atoms with E-state index in [9.17, 15) is 13.9 Å². The molecule has 1 aromatic heterocycles. The molecule has 2 aromatic carbocycles. The number of aliphatic hydroxyl groups excluding tert-OH is 1. The number of rotatable bonds is 3. The summed E-state index contributed by atoms with van der Waals surface area (Å²) in [5.74, 6) is -0.860. The minimum Gasteiger partial charge on any atom is -0.391 e. The maximum absolute atomic E-state index is 13.9. The Labute approximate surface area is 125 Å². The first kappa shape index (κ1) is 14.4. The van der Waals surface area contributed by atoms with Crippen LogP contribution in [0.2, 0.25) is 0 Å². The molecule has 1 heterocycles. The van der Waals surface area contributed by atoms with E-state index in [-0.39, 0.29) is 11.3 Å². The van der Waals surface area contributed by atoms with Crippen molar-refractivity contribution < 1.29 is 18.4 Å². The maximum atomic E-state index is 13.9. The van der Waals surface area contributed by atoms with Crippen molar-refractivity contribution in [2.45, 2.75) is 13.5 Å². The zero-order chi connectivity index (χ0) is 15.7. The minimum absolute atomic E-state index is 0.0360. The molecular formula is C17H13F2NO2. The summed E-state index contributed by atoms with van der Waals surface area (Å²) in [6.07, 6.45) is 0. The molecule has 0 bridgehead atoms. The summed E-state index contributed by atoms with van der Waals surface area (Å²) in [6, 6.07) is 10.5. The van der Waals surface area contributed by atoms with Crippen LogP contribution in [0.4, 0.5) is 8.78 Å². The molecule has 112 valence electrons.